The summed E-state index contributed by atoms with van der Waals surface area (Å²) < 4.78 is 79.1. The van der Waals surface area contributed by atoms with Gasteiger partial charge in [-0.05, 0) is 46.5 Å². The minimum Gasteiger partial charge on any atom is -0.757 e. The molecule has 0 radical (unpaired) electrons. The number of hydrazone groups is 1. The van der Waals surface area contributed by atoms with Gasteiger partial charge in [0.05, 0.1) is 17.0 Å². The van der Waals surface area contributed by atoms with Gasteiger partial charge in [-0.2, -0.15) is 37.5 Å². The van der Waals surface area contributed by atoms with Crippen molar-refractivity contribution in [3.05, 3.63) is 81.9 Å². The van der Waals surface area contributed by atoms with E-state index in [4.69, 9.17) is 0 Å². The molecule has 1 fully saturated rings. The standard InChI is InChI=1S/C24H16F6N4/c1-22(2)18-19(22)21(14-5-9-16(10-6-14)24(28,29)30)34(17(11-31)12-32)33-20(18)13-3-7-15(8-4-13)23(25,26)27/h3-10,18-19H,1-2H3/t18-,19+/m0/s1. The molecule has 1 aliphatic heterocycles. The Morgan fingerprint density at radius 1 is 0.882 bits per heavy atom. The Balaban J connectivity index is 1.90. The van der Waals surface area contributed by atoms with Gasteiger partial charge in [-0.15, -0.1) is 0 Å². The first-order chi connectivity index (χ1) is 15.8. The number of allylic oxidation sites excluding steroid dienone is 1. The maximum Gasteiger partial charge on any atom is 0.416 e. The highest BCUT2D eigenvalue weighted by Gasteiger charge is 2.68. The van der Waals surface area contributed by atoms with Crippen molar-refractivity contribution in [1.82, 2.24) is 0 Å². The molecule has 4 nitrogen and oxygen atoms in total. The summed E-state index contributed by atoms with van der Waals surface area (Å²) in [6.45, 7) is 3.79. The van der Waals surface area contributed by atoms with E-state index in [9.17, 15) is 37.0 Å². The number of hydrogen-bond donors (Lipinski definition) is 0. The molecule has 34 heavy (non-hydrogen) atoms. The van der Waals surface area contributed by atoms with Gasteiger partial charge in [0.2, 0.25) is 5.71 Å². The van der Waals surface area contributed by atoms with Crippen molar-refractivity contribution < 1.29 is 31.0 Å². The summed E-state index contributed by atoms with van der Waals surface area (Å²) in [5.41, 5.74) is -0.962. The highest BCUT2D eigenvalue weighted by molar-refractivity contribution is 6.13. The van der Waals surface area contributed by atoms with Gasteiger partial charge >= 0.3 is 18.0 Å². The normalized spacial score (nSPS) is 21.2. The Hall–Kier alpha value is -3.70. The predicted molar refractivity (Wildman–Crippen MR) is 112 cm³/mol. The lowest BCUT2D eigenvalue weighted by atomic mass is 9.97. The average molecular weight is 474 g/mol. The molecule has 2 aliphatic rings. The van der Waals surface area contributed by atoms with E-state index in [1.807, 2.05) is 13.8 Å². The number of halogens is 6. The number of nitrogens with zero attached hydrogens (tertiary/aromatic N) is 4. The van der Waals surface area contributed by atoms with Crippen LogP contribution >= 0.6 is 0 Å². The Bertz CT molecular complexity index is 1300. The summed E-state index contributed by atoms with van der Waals surface area (Å²) in [5, 5.41) is 23.5. The summed E-state index contributed by atoms with van der Waals surface area (Å²) in [4.78, 5) is 0. The monoisotopic (exact) mass is 474 g/mol. The minimum absolute atomic E-state index is 0.267. The quantitative estimate of drug-likeness (QED) is 0.238. The molecule has 1 heterocycles. The zero-order chi connectivity index (χ0) is 25.1. The van der Waals surface area contributed by atoms with Crippen molar-refractivity contribution in [2.75, 3.05) is 0 Å². The van der Waals surface area contributed by atoms with Crippen LogP contribution in [0.25, 0.3) is 5.41 Å². The molecule has 1 aliphatic carbocycles. The Kier molecular flexibility index (Phi) is 5.29. The van der Waals surface area contributed by atoms with Gasteiger partial charge in [-0.25, -0.2) is 0 Å². The van der Waals surface area contributed by atoms with Crippen LogP contribution in [0.5, 0.6) is 0 Å². The van der Waals surface area contributed by atoms with E-state index in [0.29, 0.717) is 22.6 Å². The molecule has 174 valence electrons. The SMILES string of the molecule is CC1(C)[C@@H]2C(c3ccc(C(F)(F)F)cc3)=N[N+](C(=C=[N-])C#N)=C(c3ccc(C(F)(F)F)cc3)[C@@H]21. The van der Waals surface area contributed by atoms with E-state index in [-0.39, 0.29) is 11.8 Å². The third-order valence-electron chi connectivity index (χ3n) is 6.29. The van der Waals surface area contributed by atoms with E-state index in [1.54, 1.807) is 11.9 Å². The van der Waals surface area contributed by atoms with Crippen molar-refractivity contribution in [2.45, 2.75) is 26.2 Å². The molecule has 0 bridgehead atoms. The summed E-state index contributed by atoms with van der Waals surface area (Å²) in [7, 11) is 0. The fourth-order valence-electron chi connectivity index (χ4n) is 4.50. The summed E-state index contributed by atoms with van der Waals surface area (Å²) in [6, 6.07) is 10.5. The van der Waals surface area contributed by atoms with Crippen molar-refractivity contribution in [1.29, 1.82) is 5.26 Å². The van der Waals surface area contributed by atoms with Crippen molar-refractivity contribution in [2.24, 2.45) is 22.4 Å². The van der Waals surface area contributed by atoms with Gasteiger partial charge in [-0.3, -0.25) is 0 Å². The number of alkyl halides is 6. The molecular weight excluding hydrogens is 458 g/mol. The van der Waals surface area contributed by atoms with Gasteiger partial charge in [-0.1, -0.05) is 26.0 Å². The van der Waals surface area contributed by atoms with Gasteiger partial charge in [0.25, 0.3) is 0 Å². The Morgan fingerprint density at radius 2 is 1.35 bits per heavy atom. The van der Waals surface area contributed by atoms with Crippen molar-refractivity contribution in [3.8, 4) is 6.07 Å². The first-order valence-corrected chi connectivity index (χ1v) is 10.1. The van der Waals surface area contributed by atoms with Gasteiger partial charge in [0.15, 0.2) is 6.07 Å². The number of fused-ring (bicyclic) bond motifs is 1. The van der Waals surface area contributed by atoms with E-state index in [2.05, 4.69) is 5.10 Å². The number of rotatable bonds is 3. The molecule has 0 saturated heterocycles. The zero-order valence-corrected chi connectivity index (χ0v) is 17.8. The average Bonchev–Trinajstić information content (AvgIpc) is 3.35. The molecule has 2 atom stereocenters. The van der Waals surface area contributed by atoms with Gasteiger partial charge in [0.1, 0.15) is 5.71 Å². The molecule has 1 saturated carbocycles. The minimum atomic E-state index is -4.53. The molecule has 0 unspecified atom stereocenters. The second-order valence-corrected chi connectivity index (χ2v) is 8.68. The second-order valence-electron chi connectivity index (χ2n) is 8.68. The molecule has 10 heteroatoms. The van der Waals surface area contributed by atoms with Gasteiger partial charge < -0.3 is 5.41 Å². The van der Waals surface area contributed by atoms with Crippen molar-refractivity contribution >= 4 is 17.3 Å². The highest BCUT2D eigenvalue weighted by atomic mass is 19.4. The lowest BCUT2D eigenvalue weighted by Gasteiger charge is -2.13. The summed E-state index contributed by atoms with van der Waals surface area (Å²) in [6.07, 6.45) is -9.03. The van der Waals surface area contributed by atoms with E-state index >= 15 is 0 Å². The first kappa shape index (κ1) is 23.5. The third kappa shape index (κ3) is 3.82. The molecule has 0 N–H and O–H groups in total. The van der Waals surface area contributed by atoms with Crippen LogP contribution in [0.4, 0.5) is 26.3 Å². The molecule has 2 aromatic carbocycles. The van der Waals surface area contributed by atoms with Crippen LogP contribution in [0.3, 0.4) is 0 Å². The van der Waals surface area contributed by atoms with Crippen LogP contribution in [0, 0.1) is 28.6 Å². The second kappa shape index (κ2) is 7.67. The Morgan fingerprint density at radius 3 is 1.76 bits per heavy atom. The van der Waals surface area contributed by atoms with Gasteiger partial charge in [0, 0.05) is 22.1 Å². The first-order valence-electron chi connectivity index (χ1n) is 10.1. The van der Waals surface area contributed by atoms with Crippen LogP contribution < -0.4 is 0 Å². The van der Waals surface area contributed by atoms with Crippen LogP contribution in [0.15, 0.2) is 59.3 Å². The summed E-state index contributed by atoms with van der Waals surface area (Å²) >= 11 is 0. The van der Waals surface area contributed by atoms with Crippen LogP contribution in [-0.4, -0.2) is 22.0 Å². The topological polar surface area (TPSA) is 61.5 Å². The zero-order valence-electron chi connectivity index (χ0n) is 17.8. The van der Waals surface area contributed by atoms with E-state index < -0.39 is 34.6 Å². The van der Waals surface area contributed by atoms with Crippen LogP contribution in [0.1, 0.15) is 36.1 Å². The number of nitriles is 1. The largest absolute Gasteiger partial charge is 0.757 e. The van der Waals surface area contributed by atoms with Crippen LogP contribution in [-0.2, 0) is 12.4 Å². The maximum atomic E-state index is 13.0. The summed E-state index contributed by atoms with van der Waals surface area (Å²) in [5.74, 6) is 1.16. The fourth-order valence-corrected chi connectivity index (χ4v) is 4.50. The van der Waals surface area contributed by atoms with E-state index in [1.165, 1.54) is 24.3 Å². The smallest absolute Gasteiger partial charge is 0.416 e. The molecule has 0 amide bonds. The molecule has 2 aromatic rings. The number of hydrogen-bond acceptors (Lipinski definition) is 2. The Labute approximate surface area is 190 Å². The molecule has 0 aromatic heterocycles. The predicted octanol–water partition coefficient (Wildman–Crippen LogP) is 5.86. The molecule has 4 rings (SSSR count). The highest BCUT2D eigenvalue weighted by Crippen LogP contribution is 2.62. The van der Waals surface area contributed by atoms with Crippen molar-refractivity contribution in [3.63, 3.8) is 0 Å². The van der Waals surface area contributed by atoms with E-state index in [0.717, 1.165) is 28.9 Å². The number of benzene rings is 2. The fraction of sp³-hybridized carbons (Fsp3) is 0.292. The van der Waals surface area contributed by atoms with Crippen LogP contribution in [0.2, 0.25) is 0 Å². The molecule has 0 spiro atoms. The lowest BCUT2D eigenvalue weighted by molar-refractivity contribution is -0.476. The maximum absolute atomic E-state index is 13.0. The molecular formula is C24H16F6N4. The lowest BCUT2D eigenvalue weighted by Crippen LogP contribution is -2.28. The third-order valence-corrected chi connectivity index (χ3v) is 6.29.